The van der Waals surface area contributed by atoms with Gasteiger partial charge in [0.25, 0.3) is 5.95 Å². The first kappa shape index (κ1) is 17.2. The zero-order chi connectivity index (χ0) is 18.8. The summed E-state index contributed by atoms with van der Waals surface area (Å²) < 4.78 is 15.1. The van der Waals surface area contributed by atoms with E-state index in [9.17, 15) is 9.18 Å². The third kappa shape index (κ3) is 3.53. The van der Waals surface area contributed by atoms with Crippen LogP contribution in [0.5, 0.6) is 0 Å². The molecule has 1 amide bonds. The number of fused-ring (bicyclic) bond motifs is 1. The number of nitrogens with zero attached hydrogens (tertiary/aromatic N) is 3. The van der Waals surface area contributed by atoms with E-state index in [1.165, 1.54) is 12.1 Å². The number of aromatic nitrogens is 3. The third-order valence-corrected chi connectivity index (χ3v) is 4.72. The van der Waals surface area contributed by atoms with Crippen LogP contribution in [-0.4, -0.2) is 20.7 Å². The van der Waals surface area contributed by atoms with E-state index >= 15 is 0 Å². The van der Waals surface area contributed by atoms with Crippen molar-refractivity contribution in [3.8, 4) is 0 Å². The van der Waals surface area contributed by atoms with Gasteiger partial charge in [-0.05, 0) is 29.7 Å². The topological polar surface area (TPSA) is 71.8 Å². The van der Waals surface area contributed by atoms with Gasteiger partial charge in [-0.3, -0.25) is 10.1 Å². The zero-order valence-corrected chi connectivity index (χ0v) is 14.9. The molecule has 0 unspecified atom stereocenters. The quantitative estimate of drug-likeness (QED) is 0.735. The van der Waals surface area contributed by atoms with Crippen LogP contribution < -0.4 is 10.6 Å². The van der Waals surface area contributed by atoms with Crippen molar-refractivity contribution in [3.05, 3.63) is 71.5 Å². The van der Waals surface area contributed by atoms with Crippen molar-refractivity contribution in [1.29, 1.82) is 0 Å². The molecule has 0 radical (unpaired) electrons. The van der Waals surface area contributed by atoms with Crippen molar-refractivity contribution in [2.24, 2.45) is 0 Å². The first-order chi connectivity index (χ1) is 13.1. The minimum absolute atomic E-state index is 0.0349. The minimum Gasteiger partial charge on any atom is -0.347 e. The Bertz CT molecular complexity index is 939. The second-order valence-corrected chi connectivity index (χ2v) is 6.52. The molecule has 2 atom stereocenters. The van der Waals surface area contributed by atoms with Gasteiger partial charge in [0.1, 0.15) is 5.82 Å². The van der Waals surface area contributed by atoms with Crippen molar-refractivity contribution in [3.63, 3.8) is 0 Å². The maximum atomic E-state index is 13.4. The molecule has 6 nitrogen and oxygen atoms in total. The summed E-state index contributed by atoms with van der Waals surface area (Å²) in [5.41, 5.74) is 2.08. The van der Waals surface area contributed by atoms with Crippen LogP contribution in [0.15, 0.2) is 54.6 Å². The van der Waals surface area contributed by atoms with E-state index in [1.807, 2.05) is 18.2 Å². The standard InChI is InChI=1S/C20H20FN5O/c1-2-18(27)23-19-24-20-22-16(13-6-4-3-5-7-13)12-17(26(20)25-19)14-8-10-15(21)11-9-14/h3-11,16-17H,2,12H2,1H3,(H2,22,23,24,25,27)/t16-,17+/m1/s1. The number of hydrogen-bond donors (Lipinski definition) is 2. The Balaban J connectivity index is 1.72. The first-order valence-electron chi connectivity index (χ1n) is 8.97. The van der Waals surface area contributed by atoms with Crippen LogP contribution in [0.4, 0.5) is 16.3 Å². The van der Waals surface area contributed by atoms with Crippen LogP contribution >= 0.6 is 0 Å². The van der Waals surface area contributed by atoms with E-state index in [0.29, 0.717) is 12.4 Å². The number of amides is 1. The Labute approximate surface area is 156 Å². The number of anilines is 2. The van der Waals surface area contributed by atoms with Crippen molar-refractivity contribution < 1.29 is 9.18 Å². The zero-order valence-electron chi connectivity index (χ0n) is 14.9. The van der Waals surface area contributed by atoms with Gasteiger partial charge in [-0.25, -0.2) is 9.07 Å². The molecule has 2 N–H and O–H groups in total. The molecule has 2 heterocycles. The SMILES string of the molecule is CCC(=O)Nc1nc2n(n1)[C@H](c1ccc(F)cc1)C[C@H](c1ccccc1)N2. The maximum absolute atomic E-state index is 13.4. The summed E-state index contributed by atoms with van der Waals surface area (Å²) in [5.74, 6) is 0.430. The number of nitrogens with one attached hydrogen (secondary N) is 2. The summed E-state index contributed by atoms with van der Waals surface area (Å²) in [4.78, 5) is 16.1. The highest BCUT2D eigenvalue weighted by molar-refractivity contribution is 5.88. The molecular weight excluding hydrogens is 345 g/mol. The van der Waals surface area contributed by atoms with Gasteiger partial charge < -0.3 is 5.32 Å². The minimum atomic E-state index is -0.276. The smallest absolute Gasteiger partial charge is 0.250 e. The molecule has 138 valence electrons. The fourth-order valence-electron chi connectivity index (χ4n) is 3.31. The summed E-state index contributed by atoms with van der Waals surface area (Å²) in [5, 5.41) is 10.6. The monoisotopic (exact) mass is 365 g/mol. The molecule has 2 aromatic carbocycles. The van der Waals surface area contributed by atoms with Crippen LogP contribution in [0.3, 0.4) is 0 Å². The fraction of sp³-hybridized carbons (Fsp3) is 0.250. The normalized spacial score (nSPS) is 18.4. The van der Waals surface area contributed by atoms with E-state index in [-0.39, 0.29) is 29.8 Å². The van der Waals surface area contributed by atoms with Crippen molar-refractivity contribution in [1.82, 2.24) is 14.8 Å². The predicted molar refractivity (Wildman–Crippen MR) is 101 cm³/mol. The van der Waals surface area contributed by atoms with Crippen molar-refractivity contribution in [2.45, 2.75) is 31.8 Å². The van der Waals surface area contributed by atoms with Crippen LogP contribution in [0, 0.1) is 5.82 Å². The van der Waals surface area contributed by atoms with Gasteiger partial charge in [0.05, 0.1) is 12.1 Å². The largest absolute Gasteiger partial charge is 0.347 e. The van der Waals surface area contributed by atoms with Crippen molar-refractivity contribution >= 4 is 17.8 Å². The summed E-state index contributed by atoms with van der Waals surface area (Å²) >= 11 is 0. The lowest BCUT2D eigenvalue weighted by molar-refractivity contribution is -0.115. The molecule has 7 heteroatoms. The second-order valence-electron chi connectivity index (χ2n) is 6.52. The van der Waals surface area contributed by atoms with Gasteiger partial charge in [0.2, 0.25) is 11.9 Å². The summed E-state index contributed by atoms with van der Waals surface area (Å²) in [6, 6.07) is 16.4. The highest BCUT2D eigenvalue weighted by atomic mass is 19.1. The number of halogens is 1. The number of hydrogen-bond acceptors (Lipinski definition) is 4. The number of rotatable bonds is 4. The molecule has 1 aliphatic rings. The number of carbonyl (C=O) groups excluding carboxylic acids is 1. The Morgan fingerprint density at radius 2 is 1.93 bits per heavy atom. The molecule has 0 spiro atoms. The second kappa shape index (κ2) is 7.19. The average Bonchev–Trinajstić information content (AvgIpc) is 3.10. The molecule has 0 saturated heterocycles. The summed E-state index contributed by atoms with van der Waals surface area (Å²) in [6.07, 6.45) is 1.08. The van der Waals surface area contributed by atoms with Gasteiger partial charge in [-0.15, -0.1) is 5.10 Å². The first-order valence-corrected chi connectivity index (χ1v) is 8.97. The van der Waals surface area contributed by atoms with Gasteiger partial charge in [-0.1, -0.05) is 49.4 Å². The molecule has 3 aromatic rings. The Morgan fingerprint density at radius 3 is 2.63 bits per heavy atom. The van der Waals surface area contributed by atoms with E-state index in [2.05, 4.69) is 32.8 Å². The van der Waals surface area contributed by atoms with E-state index in [4.69, 9.17) is 0 Å². The molecule has 1 aliphatic heterocycles. The highest BCUT2D eigenvalue weighted by Gasteiger charge is 2.31. The Kier molecular flexibility index (Phi) is 4.58. The summed E-state index contributed by atoms with van der Waals surface area (Å²) in [6.45, 7) is 1.77. The molecule has 0 bridgehead atoms. The molecule has 0 fully saturated rings. The van der Waals surface area contributed by atoms with Gasteiger partial charge >= 0.3 is 0 Å². The van der Waals surface area contributed by atoms with E-state index in [0.717, 1.165) is 17.5 Å². The van der Waals surface area contributed by atoms with Crippen LogP contribution in [0.1, 0.15) is 43.0 Å². The number of carbonyl (C=O) groups is 1. The molecule has 0 aliphatic carbocycles. The summed E-state index contributed by atoms with van der Waals surface area (Å²) in [7, 11) is 0. The molecule has 4 rings (SSSR count). The molecule has 1 aromatic heterocycles. The lowest BCUT2D eigenvalue weighted by Crippen LogP contribution is -2.28. The Morgan fingerprint density at radius 1 is 1.19 bits per heavy atom. The Hall–Kier alpha value is -3.22. The fourth-order valence-corrected chi connectivity index (χ4v) is 3.31. The van der Waals surface area contributed by atoms with Crippen LogP contribution in [0.25, 0.3) is 0 Å². The van der Waals surface area contributed by atoms with Crippen LogP contribution in [-0.2, 0) is 4.79 Å². The number of benzene rings is 2. The highest BCUT2D eigenvalue weighted by Crippen LogP contribution is 2.38. The maximum Gasteiger partial charge on any atom is 0.250 e. The van der Waals surface area contributed by atoms with Crippen LogP contribution in [0.2, 0.25) is 0 Å². The predicted octanol–water partition coefficient (Wildman–Crippen LogP) is 3.91. The van der Waals surface area contributed by atoms with Crippen molar-refractivity contribution in [2.75, 3.05) is 10.6 Å². The average molecular weight is 365 g/mol. The molecular formula is C20H20FN5O. The lowest BCUT2D eigenvalue weighted by Gasteiger charge is -2.31. The van der Waals surface area contributed by atoms with E-state index < -0.39 is 0 Å². The molecule has 27 heavy (non-hydrogen) atoms. The third-order valence-electron chi connectivity index (χ3n) is 4.72. The molecule has 0 saturated carbocycles. The van der Waals surface area contributed by atoms with Gasteiger partial charge in [0.15, 0.2) is 0 Å². The van der Waals surface area contributed by atoms with Gasteiger partial charge in [0, 0.05) is 6.42 Å². The lowest BCUT2D eigenvalue weighted by atomic mass is 9.93. The van der Waals surface area contributed by atoms with Gasteiger partial charge in [-0.2, -0.15) is 4.98 Å². The van der Waals surface area contributed by atoms with E-state index in [1.54, 1.807) is 23.7 Å².